The molecule has 0 aromatic rings. The van der Waals surface area contributed by atoms with Crippen molar-refractivity contribution in [2.24, 2.45) is 0 Å². The van der Waals surface area contributed by atoms with E-state index in [0.29, 0.717) is 0 Å². The number of carboxylic acid groups (broad SMARTS) is 1. The molecular weight excluding hydrogens is 215 g/mol. The van der Waals surface area contributed by atoms with E-state index < -0.39 is 13.8 Å². The quantitative estimate of drug-likeness (QED) is 0.385. The Balaban J connectivity index is 0. The summed E-state index contributed by atoms with van der Waals surface area (Å²) < 4.78 is 13.5. The van der Waals surface area contributed by atoms with E-state index >= 15 is 0 Å². The van der Waals surface area contributed by atoms with Crippen molar-refractivity contribution in [2.45, 2.75) is 6.92 Å². The standard InChI is InChI=1S/C4H6O2.C2H7O5P/c1-3(2)4(5)6;3-1-2-7-8(4,5)6/h1H2,2H3,(H,5,6);3H,1-2H2,(H2,4,5,6). The van der Waals surface area contributed by atoms with Crippen LogP contribution in [0.1, 0.15) is 6.92 Å². The zero-order valence-corrected chi connectivity index (χ0v) is 8.48. The summed E-state index contributed by atoms with van der Waals surface area (Å²) in [6.07, 6.45) is 0. The first-order chi connectivity index (χ1) is 6.20. The van der Waals surface area contributed by atoms with Gasteiger partial charge < -0.3 is 20.0 Å². The molecule has 0 saturated carbocycles. The van der Waals surface area contributed by atoms with Crippen molar-refractivity contribution in [1.82, 2.24) is 0 Å². The summed E-state index contributed by atoms with van der Waals surface area (Å²) in [5, 5.41) is 15.9. The third-order valence-electron chi connectivity index (χ3n) is 0.716. The molecule has 0 aliphatic rings. The van der Waals surface area contributed by atoms with Crippen molar-refractivity contribution >= 4 is 13.8 Å². The minimum Gasteiger partial charge on any atom is -0.478 e. The van der Waals surface area contributed by atoms with Crippen LogP contribution in [0.3, 0.4) is 0 Å². The predicted octanol–water partition coefficient (Wildman–Crippen LogP) is -0.265. The van der Waals surface area contributed by atoms with Gasteiger partial charge in [-0.05, 0) is 6.92 Å². The maximum atomic E-state index is 9.75. The maximum Gasteiger partial charge on any atom is 0.469 e. The van der Waals surface area contributed by atoms with Gasteiger partial charge in [0, 0.05) is 5.57 Å². The summed E-state index contributed by atoms with van der Waals surface area (Å²) >= 11 is 0. The van der Waals surface area contributed by atoms with E-state index in [1.165, 1.54) is 6.92 Å². The zero-order valence-electron chi connectivity index (χ0n) is 7.58. The van der Waals surface area contributed by atoms with Gasteiger partial charge in [0.15, 0.2) is 0 Å². The zero-order chi connectivity index (χ0) is 11.8. The maximum absolute atomic E-state index is 9.75. The Kier molecular flexibility index (Phi) is 8.61. The summed E-state index contributed by atoms with van der Waals surface area (Å²) in [7, 11) is -4.34. The van der Waals surface area contributed by atoms with Crippen LogP contribution in [0, 0.1) is 0 Å². The van der Waals surface area contributed by atoms with Crippen molar-refractivity contribution in [3.8, 4) is 0 Å². The molecule has 0 rings (SSSR count). The van der Waals surface area contributed by atoms with Gasteiger partial charge in [-0.2, -0.15) is 0 Å². The van der Waals surface area contributed by atoms with Gasteiger partial charge in [0.2, 0.25) is 0 Å². The molecule has 0 atom stereocenters. The highest BCUT2D eigenvalue weighted by molar-refractivity contribution is 7.46. The summed E-state index contributed by atoms with van der Waals surface area (Å²) in [5.41, 5.74) is 0.176. The minimum atomic E-state index is -4.34. The van der Waals surface area contributed by atoms with Crippen molar-refractivity contribution in [3.05, 3.63) is 12.2 Å². The number of rotatable bonds is 4. The number of hydrogen-bond donors (Lipinski definition) is 4. The monoisotopic (exact) mass is 228 g/mol. The van der Waals surface area contributed by atoms with Gasteiger partial charge in [-0.15, -0.1) is 0 Å². The number of aliphatic hydroxyl groups is 1. The lowest BCUT2D eigenvalue weighted by Crippen LogP contribution is -1.95. The first kappa shape index (κ1) is 15.7. The van der Waals surface area contributed by atoms with Crippen LogP contribution in [0.15, 0.2) is 12.2 Å². The fourth-order valence-corrected chi connectivity index (χ4v) is 0.479. The lowest BCUT2D eigenvalue weighted by molar-refractivity contribution is -0.132. The molecule has 8 heteroatoms. The summed E-state index contributed by atoms with van der Waals surface area (Å²) in [6, 6.07) is 0. The lowest BCUT2D eigenvalue weighted by Gasteiger charge is -2.00. The molecule has 0 radical (unpaired) electrons. The SMILES string of the molecule is C=C(C)C(=O)O.O=P(O)(O)OCCO. The first-order valence-corrected chi connectivity index (χ1v) is 4.93. The van der Waals surface area contributed by atoms with Gasteiger partial charge in [0.1, 0.15) is 0 Å². The van der Waals surface area contributed by atoms with Crippen LogP contribution < -0.4 is 0 Å². The van der Waals surface area contributed by atoms with E-state index in [1.54, 1.807) is 0 Å². The minimum absolute atomic E-state index is 0.176. The molecule has 0 aliphatic heterocycles. The molecule has 0 saturated heterocycles. The Hall–Kier alpha value is -0.720. The van der Waals surface area contributed by atoms with Crippen molar-refractivity contribution in [3.63, 3.8) is 0 Å². The van der Waals surface area contributed by atoms with Gasteiger partial charge >= 0.3 is 13.8 Å². The molecular formula is C6H13O7P. The van der Waals surface area contributed by atoms with Crippen LogP contribution in [0.4, 0.5) is 0 Å². The number of phosphoric acid groups is 1. The molecule has 0 unspecified atom stereocenters. The average molecular weight is 228 g/mol. The second-order valence-corrected chi connectivity index (χ2v) is 3.37. The molecule has 4 N–H and O–H groups in total. The van der Waals surface area contributed by atoms with Crippen LogP contribution in [0.5, 0.6) is 0 Å². The number of aliphatic carboxylic acids is 1. The highest BCUT2D eigenvalue weighted by Crippen LogP contribution is 2.34. The van der Waals surface area contributed by atoms with E-state index in [0.717, 1.165) is 0 Å². The number of hydrogen-bond acceptors (Lipinski definition) is 4. The van der Waals surface area contributed by atoms with Crippen molar-refractivity contribution in [1.29, 1.82) is 0 Å². The van der Waals surface area contributed by atoms with Crippen LogP contribution >= 0.6 is 7.82 Å². The Bertz CT molecular complexity index is 218. The Labute approximate surface area is 80.9 Å². The number of carboxylic acids is 1. The van der Waals surface area contributed by atoms with Gasteiger partial charge in [-0.25, -0.2) is 9.36 Å². The van der Waals surface area contributed by atoms with Crippen LogP contribution in [-0.4, -0.2) is 39.2 Å². The van der Waals surface area contributed by atoms with Crippen LogP contribution in [-0.2, 0) is 13.9 Å². The van der Waals surface area contributed by atoms with Gasteiger partial charge in [0.25, 0.3) is 0 Å². The Morgan fingerprint density at radius 3 is 1.93 bits per heavy atom. The summed E-state index contributed by atoms with van der Waals surface area (Å²) in [4.78, 5) is 25.5. The molecule has 84 valence electrons. The molecule has 14 heavy (non-hydrogen) atoms. The van der Waals surface area contributed by atoms with Crippen molar-refractivity contribution < 1.29 is 33.9 Å². The van der Waals surface area contributed by atoms with Gasteiger partial charge in [-0.1, -0.05) is 6.58 Å². The molecule has 0 aliphatic carbocycles. The van der Waals surface area contributed by atoms with E-state index in [9.17, 15) is 9.36 Å². The fourth-order valence-electron chi connectivity index (χ4n) is 0.160. The molecule has 0 heterocycles. The highest BCUT2D eigenvalue weighted by atomic mass is 31.2. The third kappa shape index (κ3) is 17.4. The molecule has 7 nitrogen and oxygen atoms in total. The topological polar surface area (TPSA) is 124 Å². The average Bonchev–Trinajstić information content (AvgIpc) is 2.00. The largest absolute Gasteiger partial charge is 0.478 e. The number of phosphoric ester groups is 1. The Morgan fingerprint density at radius 2 is 1.86 bits per heavy atom. The first-order valence-electron chi connectivity index (χ1n) is 3.40. The van der Waals surface area contributed by atoms with Gasteiger partial charge in [-0.3, -0.25) is 4.52 Å². The molecule has 0 bridgehead atoms. The fraction of sp³-hybridized carbons (Fsp3) is 0.500. The molecule has 0 aromatic carbocycles. The number of aliphatic hydroxyl groups excluding tert-OH is 1. The second kappa shape index (κ2) is 7.66. The normalized spacial score (nSPS) is 10.0. The van der Waals surface area contributed by atoms with Crippen LogP contribution in [0.2, 0.25) is 0 Å². The molecule has 0 amide bonds. The second-order valence-electron chi connectivity index (χ2n) is 2.13. The van der Waals surface area contributed by atoms with E-state index in [1.807, 2.05) is 0 Å². The highest BCUT2D eigenvalue weighted by Gasteiger charge is 2.11. The molecule has 0 spiro atoms. The lowest BCUT2D eigenvalue weighted by atomic mass is 10.4. The molecule has 0 aromatic heterocycles. The number of carbonyl (C=O) groups is 1. The Morgan fingerprint density at radius 1 is 1.50 bits per heavy atom. The van der Waals surface area contributed by atoms with Gasteiger partial charge in [0.05, 0.1) is 13.2 Å². The summed E-state index contributed by atoms with van der Waals surface area (Å²) in [5.74, 6) is -0.935. The molecule has 0 fully saturated rings. The predicted molar refractivity (Wildman–Crippen MR) is 47.5 cm³/mol. The van der Waals surface area contributed by atoms with E-state index in [2.05, 4.69) is 11.1 Å². The van der Waals surface area contributed by atoms with E-state index in [-0.39, 0.29) is 18.8 Å². The van der Waals surface area contributed by atoms with Crippen molar-refractivity contribution in [2.75, 3.05) is 13.2 Å². The third-order valence-corrected chi connectivity index (χ3v) is 1.23. The van der Waals surface area contributed by atoms with Crippen LogP contribution in [0.25, 0.3) is 0 Å². The van der Waals surface area contributed by atoms with E-state index in [4.69, 9.17) is 20.0 Å². The summed E-state index contributed by atoms with van der Waals surface area (Å²) in [6.45, 7) is 3.89. The smallest absolute Gasteiger partial charge is 0.469 e.